The van der Waals surface area contributed by atoms with Crippen molar-refractivity contribution in [3.05, 3.63) is 11.3 Å². The second-order valence-electron chi connectivity index (χ2n) is 6.76. The number of tetrazole rings is 1. The van der Waals surface area contributed by atoms with Crippen LogP contribution in [0.2, 0.25) is 0 Å². The summed E-state index contributed by atoms with van der Waals surface area (Å²) in [4.78, 5) is 26.4. The lowest BCUT2D eigenvalue weighted by Gasteiger charge is -2.48. The third kappa shape index (κ3) is 3.53. The van der Waals surface area contributed by atoms with Crippen molar-refractivity contribution in [2.75, 3.05) is 11.5 Å². The summed E-state index contributed by atoms with van der Waals surface area (Å²) in [7, 11) is 1.75. The number of aryl methyl sites for hydroxylation is 1. The molecule has 1 aromatic rings. The van der Waals surface area contributed by atoms with Gasteiger partial charge in [-0.15, -0.1) is 16.9 Å². The van der Waals surface area contributed by atoms with Crippen LogP contribution in [0.15, 0.2) is 16.4 Å². The SMILES string of the molecule is Cn1nnnc1SCC1=C(C(=O)OC(C)(C)C)N2C(=O)C(N)[C@H]2SC1. The Morgan fingerprint density at radius 3 is 2.80 bits per heavy atom. The van der Waals surface area contributed by atoms with Gasteiger partial charge in [-0.3, -0.25) is 9.69 Å². The maximum Gasteiger partial charge on any atom is 0.355 e. The minimum absolute atomic E-state index is 0.208. The molecule has 136 valence electrons. The first-order valence-electron chi connectivity index (χ1n) is 7.70. The summed E-state index contributed by atoms with van der Waals surface area (Å²) in [6, 6.07) is -0.570. The lowest BCUT2D eigenvalue weighted by Crippen LogP contribution is -2.68. The highest BCUT2D eigenvalue weighted by atomic mass is 32.2. The van der Waals surface area contributed by atoms with Crippen molar-refractivity contribution in [3.63, 3.8) is 0 Å². The van der Waals surface area contributed by atoms with E-state index in [9.17, 15) is 9.59 Å². The van der Waals surface area contributed by atoms with Gasteiger partial charge in [-0.25, -0.2) is 9.48 Å². The molecule has 2 N–H and O–H groups in total. The number of esters is 1. The van der Waals surface area contributed by atoms with E-state index in [0.29, 0.717) is 22.4 Å². The minimum atomic E-state index is -0.647. The molecule has 0 spiro atoms. The largest absolute Gasteiger partial charge is 0.455 e. The number of amides is 1. The fourth-order valence-electron chi connectivity index (χ4n) is 2.50. The molecule has 11 heteroatoms. The Bertz CT molecular complexity index is 741. The number of thioether (sulfide) groups is 2. The Morgan fingerprint density at radius 1 is 1.48 bits per heavy atom. The standard InChI is InChI=1S/C14H20N6O3S2/c1-14(2,3)23-12(22)9-7(6-25-13-16-17-18-19(13)4)5-24-11-8(15)10(21)20(9)11/h8,11H,5-6,15H2,1-4H3/t8?,11-/m1/s1. The molecule has 3 heterocycles. The highest BCUT2D eigenvalue weighted by molar-refractivity contribution is 8.01. The van der Waals surface area contributed by atoms with E-state index in [1.807, 2.05) is 0 Å². The molecule has 0 aliphatic carbocycles. The normalized spacial score (nSPS) is 23.4. The van der Waals surface area contributed by atoms with Crippen LogP contribution in [0.4, 0.5) is 0 Å². The number of β-lactam (4-membered cyclic amide) rings is 1. The average molecular weight is 384 g/mol. The van der Waals surface area contributed by atoms with Gasteiger partial charge in [0.15, 0.2) is 0 Å². The number of hydrogen-bond acceptors (Lipinski definition) is 9. The van der Waals surface area contributed by atoms with Gasteiger partial charge in [0.1, 0.15) is 22.7 Å². The van der Waals surface area contributed by atoms with Gasteiger partial charge in [0.05, 0.1) is 0 Å². The molecule has 0 saturated carbocycles. The summed E-state index contributed by atoms with van der Waals surface area (Å²) in [5.41, 5.74) is 6.35. The third-order valence-corrected chi connectivity index (χ3v) is 6.09. The minimum Gasteiger partial charge on any atom is -0.455 e. The lowest BCUT2D eigenvalue weighted by atomic mass is 10.0. The highest BCUT2D eigenvalue weighted by Gasteiger charge is 2.52. The predicted molar refractivity (Wildman–Crippen MR) is 93.5 cm³/mol. The van der Waals surface area contributed by atoms with Gasteiger partial charge in [0.25, 0.3) is 0 Å². The molecule has 0 bridgehead atoms. The van der Waals surface area contributed by atoms with Crippen molar-refractivity contribution in [2.24, 2.45) is 12.8 Å². The summed E-state index contributed by atoms with van der Waals surface area (Å²) in [6.07, 6.45) is 0. The van der Waals surface area contributed by atoms with Gasteiger partial charge < -0.3 is 10.5 Å². The molecule has 2 aliphatic rings. The van der Waals surface area contributed by atoms with Crippen LogP contribution in [0.25, 0.3) is 0 Å². The van der Waals surface area contributed by atoms with E-state index in [4.69, 9.17) is 10.5 Å². The van der Waals surface area contributed by atoms with Crippen molar-refractivity contribution in [1.82, 2.24) is 25.1 Å². The van der Waals surface area contributed by atoms with E-state index < -0.39 is 17.6 Å². The zero-order chi connectivity index (χ0) is 18.4. The Balaban J connectivity index is 1.87. The number of carbonyl (C=O) groups is 2. The van der Waals surface area contributed by atoms with E-state index in [1.165, 1.54) is 16.7 Å². The smallest absolute Gasteiger partial charge is 0.355 e. The zero-order valence-electron chi connectivity index (χ0n) is 14.4. The monoisotopic (exact) mass is 384 g/mol. The number of nitrogens with zero attached hydrogens (tertiary/aromatic N) is 5. The Kier molecular flexibility index (Phi) is 4.82. The predicted octanol–water partition coefficient (Wildman–Crippen LogP) is 0.140. The van der Waals surface area contributed by atoms with Crippen LogP contribution in [-0.4, -0.2) is 65.5 Å². The van der Waals surface area contributed by atoms with Gasteiger partial charge >= 0.3 is 5.97 Å². The van der Waals surface area contributed by atoms with Crippen LogP contribution >= 0.6 is 23.5 Å². The number of fused-ring (bicyclic) bond motifs is 1. The molecule has 3 rings (SSSR count). The number of aromatic nitrogens is 4. The van der Waals surface area contributed by atoms with E-state index >= 15 is 0 Å². The first-order chi connectivity index (χ1) is 11.7. The summed E-state index contributed by atoms with van der Waals surface area (Å²) in [6.45, 7) is 5.39. The Morgan fingerprint density at radius 2 is 2.20 bits per heavy atom. The van der Waals surface area contributed by atoms with Crippen LogP contribution in [0.3, 0.4) is 0 Å². The lowest BCUT2D eigenvalue weighted by molar-refractivity contribution is -0.157. The van der Waals surface area contributed by atoms with Crippen LogP contribution < -0.4 is 5.73 Å². The zero-order valence-corrected chi connectivity index (χ0v) is 16.1. The molecule has 0 aromatic carbocycles. The molecule has 2 atom stereocenters. The summed E-state index contributed by atoms with van der Waals surface area (Å²) >= 11 is 2.96. The summed E-state index contributed by atoms with van der Waals surface area (Å²) < 4.78 is 7.07. The van der Waals surface area contributed by atoms with Crippen molar-refractivity contribution < 1.29 is 14.3 Å². The molecule has 9 nitrogen and oxygen atoms in total. The molecule has 0 radical (unpaired) electrons. The molecule has 1 aromatic heterocycles. The quantitative estimate of drug-likeness (QED) is 0.439. The average Bonchev–Trinajstić information content (AvgIpc) is 2.94. The fraction of sp³-hybridized carbons (Fsp3) is 0.643. The van der Waals surface area contributed by atoms with Crippen LogP contribution in [0.1, 0.15) is 20.8 Å². The van der Waals surface area contributed by atoms with E-state index in [2.05, 4.69) is 15.5 Å². The van der Waals surface area contributed by atoms with Crippen molar-refractivity contribution >= 4 is 35.4 Å². The summed E-state index contributed by atoms with van der Waals surface area (Å²) in [5, 5.41) is 11.7. The highest BCUT2D eigenvalue weighted by Crippen LogP contribution is 2.41. The van der Waals surface area contributed by atoms with E-state index in [-0.39, 0.29) is 11.3 Å². The van der Waals surface area contributed by atoms with E-state index in [0.717, 1.165) is 5.57 Å². The molecule has 25 heavy (non-hydrogen) atoms. The molecule has 2 aliphatic heterocycles. The molecule has 1 fully saturated rings. The maximum atomic E-state index is 12.7. The Hall–Kier alpha value is -1.59. The third-order valence-electron chi connectivity index (χ3n) is 3.64. The first-order valence-corrected chi connectivity index (χ1v) is 9.73. The van der Waals surface area contributed by atoms with Crippen LogP contribution in [-0.2, 0) is 21.4 Å². The Labute approximate surface area is 153 Å². The topological polar surface area (TPSA) is 116 Å². The molecule has 1 unspecified atom stereocenters. The molecule has 1 saturated heterocycles. The number of nitrogens with two attached hydrogens (primary N) is 1. The fourth-order valence-corrected chi connectivity index (χ4v) is 4.78. The number of carbonyl (C=O) groups excluding carboxylic acids is 2. The molecular weight excluding hydrogens is 364 g/mol. The van der Waals surface area contributed by atoms with Gasteiger partial charge in [-0.05, 0) is 36.8 Å². The second kappa shape index (κ2) is 6.61. The number of hydrogen-bond donors (Lipinski definition) is 1. The molecule has 1 amide bonds. The molecular formula is C14H20N6O3S2. The maximum absolute atomic E-state index is 12.7. The van der Waals surface area contributed by atoms with Gasteiger partial charge in [-0.2, -0.15) is 0 Å². The van der Waals surface area contributed by atoms with Crippen molar-refractivity contribution in [1.29, 1.82) is 0 Å². The van der Waals surface area contributed by atoms with Crippen molar-refractivity contribution in [3.8, 4) is 0 Å². The second-order valence-corrected chi connectivity index (χ2v) is 8.81. The summed E-state index contributed by atoms with van der Waals surface area (Å²) in [5.74, 6) is 0.349. The first kappa shape index (κ1) is 18.2. The van der Waals surface area contributed by atoms with Gasteiger partial charge in [0, 0.05) is 18.6 Å². The van der Waals surface area contributed by atoms with Gasteiger partial charge in [-0.1, -0.05) is 11.8 Å². The van der Waals surface area contributed by atoms with Crippen molar-refractivity contribution in [2.45, 2.75) is 42.9 Å². The van der Waals surface area contributed by atoms with E-state index in [1.54, 1.807) is 44.3 Å². The number of ether oxygens (including phenoxy) is 1. The van der Waals surface area contributed by atoms with Crippen LogP contribution in [0.5, 0.6) is 0 Å². The number of rotatable bonds is 4. The van der Waals surface area contributed by atoms with Crippen LogP contribution in [0, 0.1) is 0 Å². The van der Waals surface area contributed by atoms with Gasteiger partial charge in [0.2, 0.25) is 11.1 Å².